The molecule has 0 unspecified atom stereocenters. The van der Waals surface area contributed by atoms with Gasteiger partial charge in [-0.2, -0.15) is 0 Å². The number of halogens is 2. The molecule has 2 amide bonds. The lowest BCUT2D eigenvalue weighted by atomic mass is 10.1. The quantitative estimate of drug-likeness (QED) is 0.781. The van der Waals surface area contributed by atoms with Crippen LogP contribution in [0.1, 0.15) is 11.1 Å². The van der Waals surface area contributed by atoms with Gasteiger partial charge < -0.3 is 10.6 Å². The first-order valence-electron chi connectivity index (χ1n) is 6.06. The lowest BCUT2D eigenvalue weighted by Gasteiger charge is -2.11. The third-order valence-corrected chi connectivity index (χ3v) is 3.56. The van der Waals surface area contributed by atoms with Crippen LogP contribution in [0.2, 0.25) is 10.0 Å². The smallest absolute Gasteiger partial charge is 0.308 e. The van der Waals surface area contributed by atoms with Crippen molar-refractivity contribution in [3.63, 3.8) is 0 Å². The molecule has 0 radical (unpaired) electrons. The molecule has 0 fully saturated rings. The molecule has 5 heteroatoms. The molecule has 3 nitrogen and oxygen atoms in total. The molecule has 0 heterocycles. The van der Waals surface area contributed by atoms with Crippen LogP contribution in [-0.4, -0.2) is 6.03 Å². The van der Waals surface area contributed by atoms with Crippen molar-refractivity contribution in [2.45, 2.75) is 13.8 Å². The van der Waals surface area contributed by atoms with Gasteiger partial charge in [-0.3, -0.25) is 0 Å². The standard InChI is InChI=1S/C15H14Cl2N2O/c1-9-3-4-10(2)14(7-9)19-15(20)18-11-5-6-12(16)13(17)8-11/h3-8H,1-2H3,(H2,18,19,20). The molecule has 0 spiro atoms. The molecule has 2 aromatic carbocycles. The fourth-order valence-electron chi connectivity index (χ4n) is 1.73. The summed E-state index contributed by atoms with van der Waals surface area (Å²) in [6.45, 7) is 3.91. The summed E-state index contributed by atoms with van der Waals surface area (Å²) in [5, 5.41) is 6.37. The van der Waals surface area contributed by atoms with E-state index in [4.69, 9.17) is 23.2 Å². The highest BCUT2D eigenvalue weighted by atomic mass is 35.5. The van der Waals surface area contributed by atoms with E-state index in [0.29, 0.717) is 15.7 Å². The van der Waals surface area contributed by atoms with E-state index in [-0.39, 0.29) is 6.03 Å². The van der Waals surface area contributed by atoms with Crippen LogP contribution in [0.5, 0.6) is 0 Å². The molecule has 0 atom stereocenters. The maximum Gasteiger partial charge on any atom is 0.323 e. The monoisotopic (exact) mass is 308 g/mol. The van der Waals surface area contributed by atoms with E-state index in [0.717, 1.165) is 16.8 Å². The van der Waals surface area contributed by atoms with Crippen LogP contribution in [0.3, 0.4) is 0 Å². The van der Waals surface area contributed by atoms with Gasteiger partial charge in [-0.15, -0.1) is 0 Å². The normalized spacial score (nSPS) is 10.2. The molecule has 0 aromatic heterocycles. The van der Waals surface area contributed by atoms with Gasteiger partial charge in [0.25, 0.3) is 0 Å². The Morgan fingerprint density at radius 1 is 0.950 bits per heavy atom. The summed E-state index contributed by atoms with van der Waals surface area (Å²) >= 11 is 11.7. The van der Waals surface area contributed by atoms with Crippen LogP contribution in [0.15, 0.2) is 36.4 Å². The lowest BCUT2D eigenvalue weighted by Crippen LogP contribution is -2.20. The summed E-state index contributed by atoms with van der Waals surface area (Å²) in [6, 6.07) is 10.5. The number of rotatable bonds is 2. The van der Waals surface area contributed by atoms with E-state index in [9.17, 15) is 4.79 Å². The zero-order valence-electron chi connectivity index (χ0n) is 11.1. The summed E-state index contributed by atoms with van der Waals surface area (Å²) < 4.78 is 0. The minimum Gasteiger partial charge on any atom is -0.308 e. The van der Waals surface area contributed by atoms with Crippen LogP contribution < -0.4 is 10.6 Å². The average molecular weight is 309 g/mol. The summed E-state index contributed by atoms with van der Waals surface area (Å²) in [6.07, 6.45) is 0. The van der Waals surface area contributed by atoms with Gasteiger partial charge in [0.15, 0.2) is 0 Å². The molecule has 0 aliphatic rings. The molecule has 0 saturated carbocycles. The number of carbonyl (C=O) groups excluding carboxylic acids is 1. The Labute approximate surface area is 127 Å². The fourth-order valence-corrected chi connectivity index (χ4v) is 2.03. The number of anilines is 2. The van der Waals surface area contributed by atoms with E-state index >= 15 is 0 Å². The van der Waals surface area contributed by atoms with Crippen molar-refractivity contribution in [3.8, 4) is 0 Å². The average Bonchev–Trinajstić information content (AvgIpc) is 2.38. The number of nitrogens with one attached hydrogen (secondary N) is 2. The van der Waals surface area contributed by atoms with Crippen molar-refractivity contribution in [2.24, 2.45) is 0 Å². The third-order valence-electron chi connectivity index (χ3n) is 2.82. The molecule has 2 N–H and O–H groups in total. The lowest BCUT2D eigenvalue weighted by molar-refractivity contribution is 0.262. The highest BCUT2D eigenvalue weighted by molar-refractivity contribution is 6.42. The zero-order valence-corrected chi connectivity index (χ0v) is 12.6. The Morgan fingerprint density at radius 2 is 1.70 bits per heavy atom. The van der Waals surface area contributed by atoms with Crippen molar-refractivity contribution >= 4 is 40.6 Å². The van der Waals surface area contributed by atoms with Gasteiger partial charge >= 0.3 is 6.03 Å². The topological polar surface area (TPSA) is 41.1 Å². The number of carbonyl (C=O) groups is 1. The van der Waals surface area contributed by atoms with Gasteiger partial charge in [0, 0.05) is 11.4 Å². The van der Waals surface area contributed by atoms with E-state index in [1.54, 1.807) is 18.2 Å². The van der Waals surface area contributed by atoms with Crippen molar-refractivity contribution in [3.05, 3.63) is 57.6 Å². The number of amides is 2. The number of hydrogen-bond acceptors (Lipinski definition) is 1. The Hall–Kier alpha value is -1.71. The van der Waals surface area contributed by atoms with Crippen molar-refractivity contribution < 1.29 is 4.79 Å². The molecular weight excluding hydrogens is 295 g/mol. The number of urea groups is 1. The Balaban J connectivity index is 2.09. The van der Waals surface area contributed by atoms with Gasteiger partial charge in [-0.1, -0.05) is 35.3 Å². The Bertz CT molecular complexity index is 656. The summed E-state index contributed by atoms with van der Waals surface area (Å²) in [5.41, 5.74) is 3.45. The third kappa shape index (κ3) is 3.65. The van der Waals surface area contributed by atoms with E-state index in [1.165, 1.54) is 0 Å². The highest BCUT2D eigenvalue weighted by Gasteiger charge is 2.06. The molecule has 2 aromatic rings. The van der Waals surface area contributed by atoms with E-state index in [2.05, 4.69) is 10.6 Å². The van der Waals surface area contributed by atoms with Gasteiger partial charge in [0.1, 0.15) is 0 Å². The Kier molecular flexibility index (Phi) is 4.53. The predicted octanol–water partition coefficient (Wildman–Crippen LogP) is 5.25. The Morgan fingerprint density at radius 3 is 2.40 bits per heavy atom. The molecule has 0 aliphatic carbocycles. The van der Waals surface area contributed by atoms with Gasteiger partial charge in [-0.05, 0) is 49.2 Å². The molecule has 0 bridgehead atoms. The van der Waals surface area contributed by atoms with Crippen LogP contribution in [-0.2, 0) is 0 Å². The molecule has 104 valence electrons. The summed E-state index contributed by atoms with van der Waals surface area (Å²) in [5.74, 6) is 0. The second kappa shape index (κ2) is 6.16. The van der Waals surface area contributed by atoms with Crippen LogP contribution in [0.4, 0.5) is 16.2 Å². The molecule has 20 heavy (non-hydrogen) atoms. The first kappa shape index (κ1) is 14.7. The van der Waals surface area contributed by atoms with Gasteiger partial charge in [0.2, 0.25) is 0 Å². The number of aryl methyl sites for hydroxylation is 2. The maximum absolute atomic E-state index is 11.9. The van der Waals surface area contributed by atoms with Gasteiger partial charge in [-0.25, -0.2) is 4.79 Å². The van der Waals surface area contributed by atoms with Crippen LogP contribution >= 0.6 is 23.2 Å². The second-order valence-electron chi connectivity index (χ2n) is 4.53. The molecular formula is C15H14Cl2N2O. The zero-order chi connectivity index (χ0) is 14.7. The van der Waals surface area contributed by atoms with Gasteiger partial charge in [0.05, 0.1) is 10.0 Å². The molecule has 0 saturated heterocycles. The summed E-state index contributed by atoms with van der Waals surface area (Å²) in [7, 11) is 0. The number of hydrogen-bond donors (Lipinski definition) is 2. The fraction of sp³-hybridized carbons (Fsp3) is 0.133. The van der Waals surface area contributed by atoms with E-state index in [1.807, 2.05) is 32.0 Å². The van der Waals surface area contributed by atoms with Crippen LogP contribution in [0.25, 0.3) is 0 Å². The first-order chi connectivity index (χ1) is 9.45. The molecule has 0 aliphatic heterocycles. The maximum atomic E-state index is 11.9. The second-order valence-corrected chi connectivity index (χ2v) is 5.34. The van der Waals surface area contributed by atoms with Crippen molar-refractivity contribution in [1.82, 2.24) is 0 Å². The SMILES string of the molecule is Cc1ccc(C)c(NC(=O)Nc2ccc(Cl)c(Cl)c2)c1. The largest absolute Gasteiger partial charge is 0.323 e. The van der Waals surface area contributed by atoms with Crippen molar-refractivity contribution in [2.75, 3.05) is 10.6 Å². The van der Waals surface area contributed by atoms with E-state index < -0.39 is 0 Å². The first-order valence-corrected chi connectivity index (χ1v) is 6.81. The molecule has 2 rings (SSSR count). The summed E-state index contributed by atoms with van der Waals surface area (Å²) in [4.78, 5) is 11.9. The number of benzene rings is 2. The van der Waals surface area contributed by atoms with Crippen molar-refractivity contribution in [1.29, 1.82) is 0 Å². The minimum absolute atomic E-state index is 0.322. The minimum atomic E-state index is -0.322. The highest BCUT2D eigenvalue weighted by Crippen LogP contribution is 2.25. The predicted molar refractivity (Wildman–Crippen MR) is 85.0 cm³/mol. The van der Waals surface area contributed by atoms with Crippen LogP contribution in [0, 0.1) is 13.8 Å².